The first-order valence-corrected chi connectivity index (χ1v) is 16.3. The lowest BCUT2D eigenvalue weighted by atomic mass is 10.2. The van der Waals surface area contributed by atoms with Crippen molar-refractivity contribution in [1.82, 2.24) is 5.32 Å². The van der Waals surface area contributed by atoms with Crippen LogP contribution in [0.2, 0.25) is 0 Å². The monoisotopic (exact) mass is 669 g/mol. The molecule has 46 heavy (non-hydrogen) atoms. The van der Waals surface area contributed by atoms with Gasteiger partial charge in [-0.2, -0.15) is 0 Å². The first-order chi connectivity index (χ1) is 22.0. The van der Waals surface area contributed by atoms with E-state index in [1.165, 1.54) is 0 Å². The molecule has 0 aromatic rings. The van der Waals surface area contributed by atoms with E-state index in [-0.39, 0.29) is 24.8 Å². The minimum Gasteiger partial charge on any atom is -0.460 e. The second-order valence-electron chi connectivity index (χ2n) is 11.9. The fraction of sp³-hybridized carbons (Fsp3) is 0.938. The molecule has 0 saturated heterocycles. The molecule has 0 aliphatic carbocycles. The smallest absolute Gasteiger partial charge is 0.308 e. The van der Waals surface area contributed by atoms with E-state index in [2.05, 4.69) is 5.32 Å². The highest BCUT2D eigenvalue weighted by Gasteiger charge is 2.16. The Bertz CT molecular complexity index is 640. The summed E-state index contributed by atoms with van der Waals surface area (Å²) in [4.78, 5) is 23.1. The van der Waals surface area contributed by atoms with Gasteiger partial charge in [-0.05, 0) is 41.5 Å². The van der Waals surface area contributed by atoms with Crippen molar-refractivity contribution in [1.29, 1.82) is 0 Å². The number of ether oxygens (including phenoxy) is 11. The highest BCUT2D eigenvalue weighted by Crippen LogP contribution is 2.08. The molecule has 0 aliphatic heterocycles. The van der Waals surface area contributed by atoms with Crippen LogP contribution in [0.15, 0.2) is 0 Å². The van der Waals surface area contributed by atoms with Gasteiger partial charge in [-0.1, -0.05) is 0 Å². The molecule has 0 radical (unpaired) electrons. The molecular formula is C32H63NO13. The maximum Gasteiger partial charge on any atom is 0.308 e. The van der Waals surface area contributed by atoms with E-state index in [4.69, 9.17) is 52.1 Å². The molecule has 0 spiro atoms. The van der Waals surface area contributed by atoms with Crippen molar-refractivity contribution in [2.24, 2.45) is 0 Å². The predicted octanol–water partition coefficient (Wildman–Crippen LogP) is 2.19. The summed E-state index contributed by atoms with van der Waals surface area (Å²) in [6.07, 6.45) is 0.465. The third-order valence-corrected chi connectivity index (χ3v) is 5.19. The van der Waals surface area contributed by atoms with E-state index in [9.17, 15) is 9.59 Å². The van der Waals surface area contributed by atoms with E-state index in [1.807, 2.05) is 41.5 Å². The summed E-state index contributed by atoms with van der Waals surface area (Å²) in [6.45, 7) is 21.0. The van der Waals surface area contributed by atoms with E-state index >= 15 is 0 Å². The average Bonchev–Trinajstić information content (AvgIpc) is 2.96. The van der Waals surface area contributed by atoms with Crippen LogP contribution in [0.4, 0.5) is 0 Å². The number of hydrogen-bond acceptors (Lipinski definition) is 14. The van der Waals surface area contributed by atoms with Gasteiger partial charge in [0.15, 0.2) is 0 Å². The van der Waals surface area contributed by atoms with Crippen molar-refractivity contribution in [2.75, 3.05) is 132 Å². The van der Waals surface area contributed by atoms with Gasteiger partial charge in [-0.25, -0.2) is 0 Å². The van der Waals surface area contributed by atoms with Gasteiger partial charge in [0.1, 0.15) is 11.2 Å². The zero-order valence-corrected chi connectivity index (χ0v) is 29.4. The average molecular weight is 670 g/mol. The Kier molecular flexibility index (Phi) is 29.9. The van der Waals surface area contributed by atoms with Gasteiger partial charge in [-0.3, -0.25) is 9.59 Å². The molecule has 0 aromatic heterocycles. The Morgan fingerprint density at radius 2 is 0.587 bits per heavy atom. The van der Waals surface area contributed by atoms with Crippen LogP contribution in [0.25, 0.3) is 0 Å². The van der Waals surface area contributed by atoms with Crippen LogP contribution in [-0.4, -0.2) is 155 Å². The lowest BCUT2D eigenvalue weighted by molar-refractivity contribution is -0.157. The minimum atomic E-state index is -0.474. The Hall–Kier alpha value is -1.46. The van der Waals surface area contributed by atoms with Crippen LogP contribution in [0, 0.1) is 0 Å². The zero-order valence-electron chi connectivity index (χ0n) is 29.4. The standard InChI is InChI=1S/C32H63NO13/c1-31(2,3)45-29(34)7-11-36-15-19-40-23-25-42-21-17-38-13-9-33-10-14-39-18-22-43-26-28-44-27-24-41-20-16-37-12-8-30(35)46-32(4,5)6/h33H,7-28H2,1-6H3. The topological polar surface area (TPSA) is 148 Å². The maximum absolute atomic E-state index is 11.6. The van der Waals surface area contributed by atoms with E-state index < -0.39 is 11.2 Å². The van der Waals surface area contributed by atoms with Crippen molar-refractivity contribution in [3.8, 4) is 0 Å². The number of hydrogen-bond donors (Lipinski definition) is 1. The minimum absolute atomic E-state index is 0.232. The third-order valence-electron chi connectivity index (χ3n) is 5.19. The highest BCUT2D eigenvalue weighted by atomic mass is 16.6. The molecule has 0 unspecified atom stereocenters. The second kappa shape index (κ2) is 30.8. The summed E-state index contributed by atoms with van der Waals surface area (Å²) >= 11 is 0. The molecule has 0 aliphatic rings. The Labute approximate surface area is 276 Å². The fourth-order valence-corrected chi connectivity index (χ4v) is 3.25. The van der Waals surface area contributed by atoms with Crippen molar-refractivity contribution in [3.63, 3.8) is 0 Å². The summed E-state index contributed by atoms with van der Waals surface area (Å²) in [5.74, 6) is -0.529. The largest absolute Gasteiger partial charge is 0.460 e. The molecule has 0 atom stereocenters. The van der Waals surface area contributed by atoms with Crippen molar-refractivity contribution in [2.45, 2.75) is 65.6 Å². The van der Waals surface area contributed by atoms with Gasteiger partial charge < -0.3 is 57.4 Å². The van der Waals surface area contributed by atoms with Gasteiger partial charge >= 0.3 is 11.9 Å². The number of rotatable bonds is 33. The third kappa shape index (κ3) is 38.7. The van der Waals surface area contributed by atoms with Crippen LogP contribution in [0.3, 0.4) is 0 Å². The maximum atomic E-state index is 11.6. The molecule has 0 bridgehead atoms. The van der Waals surface area contributed by atoms with Crippen molar-refractivity contribution < 1.29 is 61.7 Å². The Morgan fingerprint density at radius 1 is 0.370 bits per heavy atom. The van der Waals surface area contributed by atoms with Crippen molar-refractivity contribution >= 4 is 11.9 Å². The second-order valence-corrected chi connectivity index (χ2v) is 11.9. The molecule has 0 aromatic carbocycles. The number of esters is 2. The molecule has 0 fully saturated rings. The molecule has 0 rings (SSSR count). The number of carbonyl (C=O) groups is 2. The summed E-state index contributed by atoms with van der Waals surface area (Å²) in [5, 5.41) is 3.25. The SMILES string of the molecule is CC(C)(C)OC(=O)CCOCCOCCOCCOCCNCCOCCOCCOCCOCCOCCC(=O)OC(C)(C)C. The van der Waals surface area contributed by atoms with Gasteiger partial charge in [0, 0.05) is 13.1 Å². The molecule has 14 heteroatoms. The van der Waals surface area contributed by atoms with Crippen LogP contribution < -0.4 is 5.32 Å². The van der Waals surface area contributed by atoms with Crippen LogP contribution in [0.5, 0.6) is 0 Å². The summed E-state index contributed by atoms with van der Waals surface area (Å²) < 4.78 is 59.4. The van der Waals surface area contributed by atoms with Gasteiger partial charge in [-0.15, -0.1) is 0 Å². The van der Waals surface area contributed by atoms with Gasteiger partial charge in [0.25, 0.3) is 0 Å². The molecule has 14 nitrogen and oxygen atoms in total. The Balaban J connectivity index is 3.15. The van der Waals surface area contributed by atoms with Crippen LogP contribution in [-0.2, 0) is 61.7 Å². The van der Waals surface area contributed by atoms with Gasteiger partial charge in [0.05, 0.1) is 132 Å². The van der Waals surface area contributed by atoms with E-state index in [1.54, 1.807) is 0 Å². The fourth-order valence-electron chi connectivity index (χ4n) is 3.25. The zero-order chi connectivity index (χ0) is 34.2. The first-order valence-electron chi connectivity index (χ1n) is 16.3. The number of carbonyl (C=O) groups excluding carboxylic acids is 2. The molecule has 0 amide bonds. The Morgan fingerprint density at radius 3 is 0.826 bits per heavy atom. The molecular weight excluding hydrogens is 606 g/mol. The summed E-state index contributed by atoms with van der Waals surface area (Å²) in [6, 6.07) is 0. The van der Waals surface area contributed by atoms with E-state index in [0.29, 0.717) is 119 Å². The number of nitrogens with one attached hydrogen (secondary N) is 1. The predicted molar refractivity (Wildman–Crippen MR) is 171 cm³/mol. The summed E-state index contributed by atoms with van der Waals surface area (Å²) in [5.41, 5.74) is -0.947. The lowest BCUT2D eigenvalue weighted by Gasteiger charge is -2.19. The normalized spacial score (nSPS) is 12.0. The first kappa shape index (κ1) is 44.5. The molecule has 0 saturated carbocycles. The summed E-state index contributed by atoms with van der Waals surface area (Å²) in [7, 11) is 0. The van der Waals surface area contributed by atoms with E-state index in [0.717, 1.165) is 13.1 Å². The van der Waals surface area contributed by atoms with Crippen LogP contribution >= 0.6 is 0 Å². The highest BCUT2D eigenvalue weighted by molar-refractivity contribution is 5.70. The van der Waals surface area contributed by atoms with Gasteiger partial charge in [0.2, 0.25) is 0 Å². The quantitative estimate of drug-likeness (QED) is 0.0804. The molecule has 1 N–H and O–H groups in total. The van der Waals surface area contributed by atoms with Crippen LogP contribution in [0.1, 0.15) is 54.4 Å². The van der Waals surface area contributed by atoms with Crippen molar-refractivity contribution in [3.05, 3.63) is 0 Å². The molecule has 0 heterocycles. The lowest BCUT2D eigenvalue weighted by Crippen LogP contribution is -2.25. The molecule has 274 valence electrons.